The first-order chi connectivity index (χ1) is 27.2. The molecule has 0 aromatic carbocycles. The number of hydrogen-bond donors (Lipinski definition) is 0. The molecule has 0 saturated carbocycles. The SMILES string of the molecule is CCCCCCCCCCCCCC(=O)O[C@H](COC(=O)CCCCCCCCCCCCCCC(C)C)COC(=O)CCCCCCCCCCCC(C)C. The summed E-state index contributed by atoms with van der Waals surface area (Å²) in [5.74, 6) is 0.790. The number of ether oxygens (including phenoxy) is 3. The van der Waals surface area contributed by atoms with Gasteiger partial charge in [-0.3, -0.25) is 14.4 Å². The van der Waals surface area contributed by atoms with Crippen molar-refractivity contribution < 1.29 is 28.6 Å². The molecule has 0 saturated heterocycles. The highest BCUT2D eigenvalue weighted by atomic mass is 16.6. The van der Waals surface area contributed by atoms with Gasteiger partial charge < -0.3 is 14.2 Å². The highest BCUT2D eigenvalue weighted by molar-refractivity contribution is 5.71. The average Bonchev–Trinajstić information content (AvgIpc) is 3.16. The Morgan fingerprint density at radius 3 is 0.875 bits per heavy atom. The van der Waals surface area contributed by atoms with Gasteiger partial charge >= 0.3 is 17.9 Å². The number of carbonyl (C=O) groups is 3. The molecule has 0 aromatic heterocycles. The lowest BCUT2D eigenvalue weighted by atomic mass is 10.0. The molecule has 1 atom stereocenters. The fraction of sp³-hybridized carbons (Fsp3) is 0.940. The van der Waals surface area contributed by atoms with E-state index >= 15 is 0 Å². The van der Waals surface area contributed by atoms with E-state index in [-0.39, 0.29) is 31.1 Å². The third-order valence-electron chi connectivity index (χ3n) is 11.2. The highest BCUT2D eigenvalue weighted by Gasteiger charge is 2.19. The van der Waals surface area contributed by atoms with E-state index in [9.17, 15) is 14.4 Å². The van der Waals surface area contributed by atoms with Crippen LogP contribution in [-0.2, 0) is 28.6 Å². The van der Waals surface area contributed by atoms with E-state index in [1.54, 1.807) is 0 Å². The summed E-state index contributed by atoms with van der Waals surface area (Å²) in [6.45, 7) is 11.3. The molecule has 0 aromatic rings. The predicted octanol–water partition coefficient (Wildman–Crippen LogP) is 15.8. The van der Waals surface area contributed by atoms with Gasteiger partial charge in [-0.05, 0) is 31.1 Å². The van der Waals surface area contributed by atoms with Gasteiger partial charge in [-0.1, -0.05) is 234 Å². The third kappa shape index (κ3) is 43.5. The molecular formula is C50H96O6. The van der Waals surface area contributed by atoms with Crippen LogP contribution in [0.3, 0.4) is 0 Å². The minimum atomic E-state index is -0.760. The second-order valence-corrected chi connectivity index (χ2v) is 18.1. The lowest BCUT2D eigenvalue weighted by Crippen LogP contribution is -2.30. The zero-order valence-electron chi connectivity index (χ0n) is 38.3. The molecule has 0 radical (unpaired) electrons. The Balaban J connectivity index is 4.30. The number of carbonyl (C=O) groups excluding carboxylic acids is 3. The molecule has 0 aliphatic rings. The summed E-state index contributed by atoms with van der Waals surface area (Å²) < 4.78 is 16.8. The van der Waals surface area contributed by atoms with Crippen LogP contribution in [-0.4, -0.2) is 37.2 Å². The molecule has 0 unspecified atom stereocenters. The summed E-state index contributed by atoms with van der Waals surface area (Å²) in [6, 6.07) is 0. The van der Waals surface area contributed by atoms with Crippen molar-refractivity contribution in [1.29, 1.82) is 0 Å². The average molecular weight is 793 g/mol. The summed E-state index contributed by atoms with van der Waals surface area (Å²) in [5, 5.41) is 0. The number of hydrogen-bond acceptors (Lipinski definition) is 6. The van der Waals surface area contributed by atoms with E-state index in [0.29, 0.717) is 19.3 Å². The Kier molecular flexibility index (Phi) is 41.8. The molecule has 0 N–H and O–H groups in total. The molecule has 0 aliphatic heterocycles. The van der Waals surface area contributed by atoms with E-state index in [1.165, 1.54) is 161 Å². The van der Waals surface area contributed by atoms with Gasteiger partial charge in [-0.15, -0.1) is 0 Å². The molecule has 0 spiro atoms. The largest absolute Gasteiger partial charge is 0.462 e. The van der Waals surface area contributed by atoms with Crippen LogP contribution < -0.4 is 0 Å². The number of esters is 3. The number of unbranched alkanes of at least 4 members (excludes halogenated alkanes) is 29. The van der Waals surface area contributed by atoms with E-state index < -0.39 is 6.10 Å². The van der Waals surface area contributed by atoms with Gasteiger partial charge in [-0.2, -0.15) is 0 Å². The molecule has 6 nitrogen and oxygen atoms in total. The van der Waals surface area contributed by atoms with Crippen LogP contribution in [0.4, 0.5) is 0 Å². The zero-order chi connectivity index (χ0) is 41.2. The molecule has 0 heterocycles. The maximum atomic E-state index is 12.7. The first-order valence-electron chi connectivity index (χ1n) is 24.7. The van der Waals surface area contributed by atoms with Crippen LogP contribution in [0, 0.1) is 11.8 Å². The minimum Gasteiger partial charge on any atom is -0.462 e. The topological polar surface area (TPSA) is 78.9 Å². The fourth-order valence-electron chi connectivity index (χ4n) is 7.46. The Labute approximate surface area is 348 Å². The first-order valence-corrected chi connectivity index (χ1v) is 24.7. The van der Waals surface area contributed by atoms with Gasteiger partial charge in [-0.25, -0.2) is 0 Å². The zero-order valence-corrected chi connectivity index (χ0v) is 38.3. The first kappa shape index (κ1) is 54.4. The van der Waals surface area contributed by atoms with Crippen molar-refractivity contribution in [3.63, 3.8) is 0 Å². The predicted molar refractivity (Wildman–Crippen MR) is 238 cm³/mol. The van der Waals surface area contributed by atoms with Crippen LogP contribution in [0.25, 0.3) is 0 Å². The van der Waals surface area contributed by atoms with Gasteiger partial charge in [0.15, 0.2) is 6.10 Å². The van der Waals surface area contributed by atoms with Crippen molar-refractivity contribution in [3.8, 4) is 0 Å². The second-order valence-electron chi connectivity index (χ2n) is 18.1. The van der Waals surface area contributed by atoms with Crippen LogP contribution in [0.5, 0.6) is 0 Å². The van der Waals surface area contributed by atoms with Gasteiger partial charge in [0.05, 0.1) is 0 Å². The molecule has 332 valence electrons. The summed E-state index contributed by atoms with van der Waals surface area (Å²) >= 11 is 0. The van der Waals surface area contributed by atoms with E-state index in [4.69, 9.17) is 14.2 Å². The standard InChI is InChI=1S/C50H96O6/c1-6-7-8-9-10-11-14-21-27-32-37-42-50(53)56-47(44-55-49(52)41-36-31-26-22-17-19-24-29-34-39-46(4)5)43-54-48(51)40-35-30-25-20-16-13-12-15-18-23-28-33-38-45(2)3/h45-47H,6-44H2,1-5H3/t47-/m1/s1. The number of rotatable bonds is 44. The van der Waals surface area contributed by atoms with Gasteiger partial charge in [0.1, 0.15) is 13.2 Å². The summed E-state index contributed by atoms with van der Waals surface area (Å²) in [5.41, 5.74) is 0. The molecule has 6 heteroatoms. The van der Waals surface area contributed by atoms with Crippen molar-refractivity contribution in [2.75, 3.05) is 13.2 Å². The smallest absolute Gasteiger partial charge is 0.306 e. The maximum Gasteiger partial charge on any atom is 0.306 e. The Hall–Kier alpha value is -1.59. The molecule has 56 heavy (non-hydrogen) atoms. The monoisotopic (exact) mass is 793 g/mol. The molecule has 0 aliphatic carbocycles. The molecule has 0 amide bonds. The maximum absolute atomic E-state index is 12.7. The molecule has 0 fully saturated rings. The van der Waals surface area contributed by atoms with Crippen molar-refractivity contribution >= 4 is 17.9 Å². The molecule has 0 bridgehead atoms. The Morgan fingerprint density at radius 1 is 0.339 bits per heavy atom. The van der Waals surface area contributed by atoms with Crippen molar-refractivity contribution in [2.24, 2.45) is 11.8 Å². The van der Waals surface area contributed by atoms with Gasteiger partial charge in [0.2, 0.25) is 0 Å². The lowest BCUT2D eigenvalue weighted by Gasteiger charge is -2.18. The van der Waals surface area contributed by atoms with Gasteiger partial charge in [0, 0.05) is 19.3 Å². The molecule has 0 rings (SSSR count). The van der Waals surface area contributed by atoms with Crippen molar-refractivity contribution in [2.45, 2.75) is 278 Å². The van der Waals surface area contributed by atoms with Crippen molar-refractivity contribution in [3.05, 3.63) is 0 Å². The third-order valence-corrected chi connectivity index (χ3v) is 11.2. The molecular weight excluding hydrogens is 697 g/mol. The minimum absolute atomic E-state index is 0.0642. The van der Waals surface area contributed by atoms with E-state index in [0.717, 1.165) is 69.6 Å². The highest BCUT2D eigenvalue weighted by Crippen LogP contribution is 2.17. The van der Waals surface area contributed by atoms with E-state index in [1.807, 2.05) is 0 Å². The van der Waals surface area contributed by atoms with Crippen LogP contribution in [0.15, 0.2) is 0 Å². The Morgan fingerprint density at radius 2 is 0.589 bits per heavy atom. The quantitative estimate of drug-likeness (QED) is 0.0347. The normalized spacial score (nSPS) is 12.1. The van der Waals surface area contributed by atoms with Crippen LogP contribution >= 0.6 is 0 Å². The fourth-order valence-corrected chi connectivity index (χ4v) is 7.46. The van der Waals surface area contributed by atoms with Crippen LogP contribution in [0.1, 0.15) is 272 Å². The summed E-state index contributed by atoms with van der Waals surface area (Å²) in [4.78, 5) is 37.8. The lowest BCUT2D eigenvalue weighted by molar-refractivity contribution is -0.167. The Bertz CT molecular complexity index is 854. The summed E-state index contributed by atoms with van der Waals surface area (Å²) in [6.07, 6.45) is 42.3. The van der Waals surface area contributed by atoms with Crippen molar-refractivity contribution in [1.82, 2.24) is 0 Å². The summed E-state index contributed by atoms with van der Waals surface area (Å²) in [7, 11) is 0. The van der Waals surface area contributed by atoms with Crippen LogP contribution in [0.2, 0.25) is 0 Å². The van der Waals surface area contributed by atoms with Gasteiger partial charge in [0.25, 0.3) is 0 Å². The van der Waals surface area contributed by atoms with E-state index in [2.05, 4.69) is 34.6 Å². The second kappa shape index (κ2) is 43.0.